The minimum Gasteiger partial charge on any atom is -0.493 e. The van der Waals surface area contributed by atoms with Gasteiger partial charge in [0.05, 0.1) is 19.8 Å². The number of hydrogen-bond donors (Lipinski definition) is 2. The number of ether oxygens (including phenoxy) is 2. The second-order valence-corrected chi connectivity index (χ2v) is 5.85. The summed E-state index contributed by atoms with van der Waals surface area (Å²) in [4.78, 5) is 23.2. The summed E-state index contributed by atoms with van der Waals surface area (Å²) in [7, 11) is 1.57. The van der Waals surface area contributed by atoms with Crippen LogP contribution in [0.1, 0.15) is 33.3 Å². The van der Waals surface area contributed by atoms with Crippen LogP contribution in [-0.4, -0.2) is 37.6 Å². The van der Waals surface area contributed by atoms with E-state index >= 15 is 0 Å². The maximum Gasteiger partial charge on any atom is 0.244 e. The summed E-state index contributed by atoms with van der Waals surface area (Å²) < 4.78 is 10.9. The molecule has 1 aromatic carbocycles. The second kappa shape index (κ2) is 9.60. The van der Waals surface area contributed by atoms with Gasteiger partial charge >= 0.3 is 0 Å². The van der Waals surface area contributed by atoms with Crippen LogP contribution in [0.2, 0.25) is 0 Å². The number of methoxy groups -OCH3 is 1. The zero-order valence-corrected chi connectivity index (χ0v) is 14.9. The van der Waals surface area contributed by atoms with E-state index in [-0.39, 0.29) is 30.5 Å². The fourth-order valence-corrected chi connectivity index (χ4v) is 1.91. The van der Waals surface area contributed by atoms with E-state index in [9.17, 15) is 9.59 Å². The molecule has 0 aliphatic carbocycles. The molecule has 24 heavy (non-hydrogen) atoms. The molecule has 0 unspecified atom stereocenters. The minimum atomic E-state index is -0.338. The molecule has 6 nitrogen and oxygen atoms in total. The van der Waals surface area contributed by atoms with Crippen molar-refractivity contribution in [1.82, 2.24) is 10.6 Å². The van der Waals surface area contributed by atoms with Gasteiger partial charge in [0.1, 0.15) is 0 Å². The molecule has 0 saturated carbocycles. The van der Waals surface area contributed by atoms with E-state index < -0.39 is 0 Å². The van der Waals surface area contributed by atoms with E-state index in [1.54, 1.807) is 25.3 Å². The molecule has 2 N–H and O–H groups in total. The van der Waals surface area contributed by atoms with Gasteiger partial charge in [0.25, 0.3) is 0 Å². The maximum atomic E-state index is 11.7. The number of benzene rings is 1. The van der Waals surface area contributed by atoms with Gasteiger partial charge in [-0.25, -0.2) is 0 Å². The Balaban J connectivity index is 2.63. The lowest BCUT2D eigenvalue weighted by atomic mass is 10.2. The summed E-state index contributed by atoms with van der Waals surface area (Å²) in [6, 6.07) is 5.46. The highest BCUT2D eigenvalue weighted by atomic mass is 16.5. The fraction of sp³-hybridized carbons (Fsp3) is 0.444. The second-order valence-electron chi connectivity index (χ2n) is 5.85. The van der Waals surface area contributed by atoms with E-state index in [1.165, 1.54) is 6.08 Å². The SMILES string of the molecule is COc1cc(/C=C/C(=O)NCC(=O)NC(C)C)ccc1OC(C)C. The Labute approximate surface area is 143 Å². The van der Waals surface area contributed by atoms with Gasteiger partial charge in [-0.15, -0.1) is 0 Å². The normalized spacial score (nSPS) is 11.0. The van der Waals surface area contributed by atoms with Crippen LogP contribution in [0.5, 0.6) is 11.5 Å². The van der Waals surface area contributed by atoms with Crippen LogP contribution in [0.3, 0.4) is 0 Å². The van der Waals surface area contributed by atoms with Crippen LogP contribution < -0.4 is 20.1 Å². The highest BCUT2D eigenvalue weighted by Crippen LogP contribution is 2.29. The lowest BCUT2D eigenvalue weighted by Gasteiger charge is -2.13. The molecule has 0 atom stereocenters. The van der Waals surface area contributed by atoms with Crippen molar-refractivity contribution in [1.29, 1.82) is 0 Å². The molecule has 0 spiro atoms. The summed E-state index contributed by atoms with van der Waals surface area (Å²) in [5.41, 5.74) is 0.796. The monoisotopic (exact) mass is 334 g/mol. The summed E-state index contributed by atoms with van der Waals surface area (Å²) in [6.45, 7) is 7.55. The summed E-state index contributed by atoms with van der Waals surface area (Å²) in [5.74, 6) is 0.695. The molecule has 0 fully saturated rings. The van der Waals surface area contributed by atoms with E-state index in [2.05, 4.69) is 10.6 Å². The zero-order valence-electron chi connectivity index (χ0n) is 14.9. The molecule has 1 rings (SSSR count). The zero-order chi connectivity index (χ0) is 18.1. The van der Waals surface area contributed by atoms with Gasteiger partial charge in [-0.05, 0) is 51.5 Å². The Morgan fingerprint density at radius 3 is 2.46 bits per heavy atom. The Hall–Kier alpha value is -2.50. The maximum absolute atomic E-state index is 11.7. The van der Waals surface area contributed by atoms with Crippen LogP contribution >= 0.6 is 0 Å². The number of amides is 2. The van der Waals surface area contributed by atoms with Gasteiger partial charge in [-0.3, -0.25) is 9.59 Å². The number of rotatable bonds is 8. The van der Waals surface area contributed by atoms with Crippen molar-refractivity contribution >= 4 is 17.9 Å². The average molecular weight is 334 g/mol. The van der Waals surface area contributed by atoms with Crippen LogP contribution in [-0.2, 0) is 9.59 Å². The van der Waals surface area contributed by atoms with Crippen LogP contribution in [0.15, 0.2) is 24.3 Å². The summed E-state index contributed by atoms with van der Waals surface area (Å²) in [6.07, 6.45) is 3.07. The molecule has 0 aliphatic heterocycles. The molecule has 0 aliphatic rings. The van der Waals surface area contributed by atoms with E-state index in [0.29, 0.717) is 11.5 Å². The van der Waals surface area contributed by atoms with Crippen molar-refractivity contribution in [2.75, 3.05) is 13.7 Å². The van der Waals surface area contributed by atoms with Gasteiger partial charge in [-0.1, -0.05) is 6.07 Å². The number of carbonyl (C=O) groups excluding carboxylic acids is 2. The van der Waals surface area contributed by atoms with Crippen molar-refractivity contribution in [3.63, 3.8) is 0 Å². The Morgan fingerprint density at radius 1 is 1.17 bits per heavy atom. The highest BCUT2D eigenvalue weighted by molar-refractivity contribution is 5.94. The van der Waals surface area contributed by atoms with Gasteiger partial charge in [0.2, 0.25) is 11.8 Å². The topological polar surface area (TPSA) is 76.7 Å². The third-order valence-corrected chi connectivity index (χ3v) is 2.85. The van der Waals surface area contributed by atoms with Crippen LogP contribution in [0.4, 0.5) is 0 Å². The van der Waals surface area contributed by atoms with Gasteiger partial charge < -0.3 is 20.1 Å². The molecule has 6 heteroatoms. The lowest BCUT2D eigenvalue weighted by Crippen LogP contribution is -2.39. The molecule has 2 amide bonds. The smallest absolute Gasteiger partial charge is 0.244 e. The molecule has 0 saturated heterocycles. The van der Waals surface area contributed by atoms with Crippen molar-refractivity contribution in [2.24, 2.45) is 0 Å². The number of nitrogens with one attached hydrogen (secondary N) is 2. The molecule has 1 aromatic rings. The first-order valence-electron chi connectivity index (χ1n) is 7.91. The quantitative estimate of drug-likeness (QED) is 0.714. The molecule has 0 radical (unpaired) electrons. The van der Waals surface area contributed by atoms with Crippen molar-refractivity contribution in [2.45, 2.75) is 39.8 Å². The first kappa shape index (κ1) is 19.5. The standard InChI is InChI=1S/C18H26N2O4/c1-12(2)20-18(22)11-19-17(21)9-7-14-6-8-15(24-13(3)4)16(10-14)23-5/h6-10,12-13H,11H2,1-5H3,(H,19,21)(H,20,22)/b9-7+. The Kier molecular flexibility index (Phi) is 7.82. The van der Waals surface area contributed by atoms with Gasteiger partial charge in [0.15, 0.2) is 11.5 Å². The number of carbonyl (C=O) groups is 2. The molecular weight excluding hydrogens is 308 g/mol. The van der Waals surface area contributed by atoms with Crippen molar-refractivity contribution in [3.05, 3.63) is 29.8 Å². The predicted molar refractivity (Wildman–Crippen MR) is 94.1 cm³/mol. The Morgan fingerprint density at radius 2 is 1.88 bits per heavy atom. The van der Waals surface area contributed by atoms with E-state index in [0.717, 1.165) is 5.56 Å². The first-order chi connectivity index (χ1) is 11.3. The third kappa shape index (κ3) is 7.17. The average Bonchev–Trinajstić information content (AvgIpc) is 2.50. The van der Waals surface area contributed by atoms with Gasteiger partial charge in [-0.2, -0.15) is 0 Å². The largest absolute Gasteiger partial charge is 0.493 e. The molecule has 0 aromatic heterocycles. The predicted octanol–water partition coefficient (Wildman–Crippen LogP) is 2.14. The summed E-state index contributed by atoms with van der Waals surface area (Å²) >= 11 is 0. The lowest BCUT2D eigenvalue weighted by molar-refractivity contribution is -0.124. The highest BCUT2D eigenvalue weighted by Gasteiger charge is 2.07. The van der Waals surface area contributed by atoms with Crippen LogP contribution in [0, 0.1) is 0 Å². The Bertz CT molecular complexity index is 595. The fourth-order valence-electron chi connectivity index (χ4n) is 1.91. The van der Waals surface area contributed by atoms with E-state index in [1.807, 2.05) is 33.8 Å². The summed E-state index contributed by atoms with van der Waals surface area (Å²) in [5, 5.41) is 5.23. The van der Waals surface area contributed by atoms with Crippen molar-refractivity contribution in [3.8, 4) is 11.5 Å². The van der Waals surface area contributed by atoms with Gasteiger partial charge in [0, 0.05) is 12.1 Å². The molecule has 132 valence electrons. The van der Waals surface area contributed by atoms with Crippen LogP contribution in [0.25, 0.3) is 6.08 Å². The minimum absolute atomic E-state index is 0.0445. The number of hydrogen-bond acceptors (Lipinski definition) is 4. The first-order valence-corrected chi connectivity index (χ1v) is 7.91. The molecule has 0 bridgehead atoms. The van der Waals surface area contributed by atoms with E-state index in [4.69, 9.17) is 9.47 Å². The molecular formula is C18H26N2O4. The molecule has 0 heterocycles. The van der Waals surface area contributed by atoms with Crippen molar-refractivity contribution < 1.29 is 19.1 Å². The third-order valence-electron chi connectivity index (χ3n) is 2.85.